The van der Waals surface area contributed by atoms with E-state index < -0.39 is 6.04 Å². The highest BCUT2D eigenvalue weighted by Gasteiger charge is 2.39. The van der Waals surface area contributed by atoms with Gasteiger partial charge in [0, 0.05) is 38.2 Å². The van der Waals surface area contributed by atoms with Crippen molar-refractivity contribution in [1.82, 2.24) is 10.3 Å². The number of nitrogens with zero attached hydrogens (tertiary/aromatic N) is 3. The van der Waals surface area contributed by atoms with Crippen LogP contribution in [0.1, 0.15) is 39.6 Å². The highest BCUT2D eigenvalue weighted by Crippen LogP contribution is 2.38. The number of pyridine rings is 1. The lowest BCUT2D eigenvalue weighted by molar-refractivity contribution is -0.121. The van der Waals surface area contributed by atoms with Crippen molar-refractivity contribution in [2.24, 2.45) is 0 Å². The van der Waals surface area contributed by atoms with Crippen LogP contribution < -0.4 is 15.1 Å². The lowest BCUT2D eigenvalue weighted by Gasteiger charge is -2.25. The number of nitrogens with one attached hydrogen (secondary N) is 1. The normalized spacial score (nSPS) is 15.0. The molecule has 2 heterocycles. The number of aryl methyl sites for hydroxylation is 1. The number of aromatic nitrogens is 1. The number of hydrogen-bond acceptors (Lipinski definition) is 4. The Balaban J connectivity index is 1.50. The number of carbonyl (C=O) groups excluding carboxylic acids is 2. The third-order valence-electron chi connectivity index (χ3n) is 5.55. The van der Waals surface area contributed by atoms with Crippen LogP contribution in [-0.2, 0) is 11.3 Å². The summed E-state index contributed by atoms with van der Waals surface area (Å²) < 4.78 is 0. The highest BCUT2D eigenvalue weighted by molar-refractivity contribution is 6.11. The van der Waals surface area contributed by atoms with Crippen LogP contribution in [0.4, 0.5) is 11.4 Å². The Morgan fingerprint density at radius 2 is 1.77 bits per heavy atom. The fourth-order valence-corrected chi connectivity index (χ4v) is 3.81. The van der Waals surface area contributed by atoms with Crippen LogP contribution in [0.15, 0.2) is 66.9 Å². The smallest absolute Gasteiger partial charge is 0.260 e. The van der Waals surface area contributed by atoms with Crippen LogP contribution in [0.25, 0.3) is 0 Å². The van der Waals surface area contributed by atoms with Crippen molar-refractivity contribution in [1.29, 1.82) is 0 Å². The van der Waals surface area contributed by atoms with Gasteiger partial charge in [-0.1, -0.05) is 29.8 Å². The third kappa shape index (κ3) is 4.28. The second kappa shape index (κ2) is 8.60. The highest BCUT2D eigenvalue weighted by atomic mass is 16.2. The van der Waals surface area contributed by atoms with Gasteiger partial charge in [0.2, 0.25) is 5.91 Å². The zero-order valence-corrected chi connectivity index (χ0v) is 18.0. The predicted molar refractivity (Wildman–Crippen MR) is 122 cm³/mol. The second-order valence-corrected chi connectivity index (χ2v) is 8.00. The summed E-state index contributed by atoms with van der Waals surface area (Å²) in [5.41, 5.74) is 5.22. The molecule has 1 aliphatic heterocycles. The van der Waals surface area contributed by atoms with E-state index in [-0.39, 0.29) is 18.2 Å². The summed E-state index contributed by atoms with van der Waals surface area (Å²) in [4.78, 5) is 34.0. The van der Waals surface area contributed by atoms with E-state index >= 15 is 0 Å². The molecule has 3 aromatic rings. The number of rotatable bonds is 6. The average molecular weight is 415 g/mol. The summed E-state index contributed by atoms with van der Waals surface area (Å²) in [6.07, 6.45) is 1.82. The van der Waals surface area contributed by atoms with Crippen molar-refractivity contribution in [2.75, 3.05) is 23.9 Å². The molecule has 6 nitrogen and oxygen atoms in total. The summed E-state index contributed by atoms with van der Waals surface area (Å²) >= 11 is 0. The summed E-state index contributed by atoms with van der Waals surface area (Å²) in [6.45, 7) is 2.44. The van der Waals surface area contributed by atoms with Gasteiger partial charge in [-0.25, -0.2) is 0 Å². The van der Waals surface area contributed by atoms with Gasteiger partial charge in [-0.15, -0.1) is 0 Å². The monoisotopic (exact) mass is 414 g/mol. The standard InChI is InChI=1S/C25H26N4O2/c1-17-6-10-20(11-7-17)29-22(24-21(25(29)31)5-4-14-26-24)15-23(30)27-16-18-8-12-19(13-9-18)28(2)3/h4-14,22H,15-16H2,1-3H3,(H,27,30)/t22-/m0/s1. The lowest BCUT2D eigenvalue weighted by atomic mass is 10.1. The largest absolute Gasteiger partial charge is 0.378 e. The van der Waals surface area contributed by atoms with E-state index in [0.717, 1.165) is 22.5 Å². The van der Waals surface area contributed by atoms with Crippen molar-refractivity contribution in [2.45, 2.75) is 25.9 Å². The minimum Gasteiger partial charge on any atom is -0.378 e. The molecule has 0 aliphatic carbocycles. The number of fused-ring (bicyclic) bond motifs is 1. The first-order valence-electron chi connectivity index (χ1n) is 10.3. The van der Waals surface area contributed by atoms with Gasteiger partial charge >= 0.3 is 0 Å². The molecule has 2 aromatic carbocycles. The number of benzene rings is 2. The minimum atomic E-state index is -0.428. The van der Waals surface area contributed by atoms with Crippen molar-refractivity contribution in [3.63, 3.8) is 0 Å². The maximum atomic E-state index is 13.1. The quantitative estimate of drug-likeness (QED) is 0.665. The van der Waals surface area contributed by atoms with Gasteiger partial charge in [0.05, 0.1) is 23.7 Å². The molecular formula is C25H26N4O2. The molecule has 158 valence electrons. The molecule has 0 spiro atoms. The first-order valence-corrected chi connectivity index (χ1v) is 10.3. The maximum Gasteiger partial charge on any atom is 0.260 e. The molecule has 0 saturated carbocycles. The van der Waals surface area contributed by atoms with E-state index in [2.05, 4.69) is 10.3 Å². The van der Waals surface area contributed by atoms with Crippen molar-refractivity contribution < 1.29 is 9.59 Å². The summed E-state index contributed by atoms with van der Waals surface area (Å²) in [5, 5.41) is 2.98. The Morgan fingerprint density at radius 1 is 1.06 bits per heavy atom. The Hall–Kier alpha value is -3.67. The number of hydrogen-bond donors (Lipinski definition) is 1. The summed E-state index contributed by atoms with van der Waals surface area (Å²) in [7, 11) is 3.98. The van der Waals surface area contributed by atoms with Crippen molar-refractivity contribution in [3.05, 3.63) is 89.2 Å². The fraction of sp³-hybridized carbons (Fsp3) is 0.240. The molecule has 0 fully saturated rings. The molecule has 1 aliphatic rings. The predicted octanol–water partition coefficient (Wildman–Crippen LogP) is 3.86. The molecule has 6 heteroatoms. The fourth-order valence-electron chi connectivity index (χ4n) is 3.81. The van der Waals surface area contributed by atoms with Crippen LogP contribution >= 0.6 is 0 Å². The van der Waals surface area contributed by atoms with Crippen molar-refractivity contribution >= 4 is 23.2 Å². The van der Waals surface area contributed by atoms with Gasteiger partial charge in [0.25, 0.3) is 5.91 Å². The van der Waals surface area contributed by atoms with Gasteiger partial charge in [0.1, 0.15) is 0 Å². The molecule has 1 N–H and O–H groups in total. The van der Waals surface area contributed by atoms with Crippen LogP contribution in [0, 0.1) is 6.92 Å². The number of amides is 2. The topological polar surface area (TPSA) is 65.5 Å². The molecule has 2 amide bonds. The SMILES string of the molecule is Cc1ccc(N2C(=O)c3cccnc3[C@@H]2CC(=O)NCc2ccc(N(C)C)cc2)cc1. The van der Waals surface area contributed by atoms with Crippen LogP contribution in [0.5, 0.6) is 0 Å². The van der Waals surface area contributed by atoms with Gasteiger partial charge in [-0.3, -0.25) is 19.5 Å². The van der Waals surface area contributed by atoms with Gasteiger partial charge in [-0.2, -0.15) is 0 Å². The van der Waals surface area contributed by atoms with E-state index in [9.17, 15) is 9.59 Å². The molecule has 0 bridgehead atoms. The van der Waals surface area contributed by atoms with Crippen molar-refractivity contribution in [3.8, 4) is 0 Å². The van der Waals surface area contributed by atoms with Crippen LogP contribution in [0.2, 0.25) is 0 Å². The molecule has 0 unspecified atom stereocenters. The minimum absolute atomic E-state index is 0.120. The van der Waals surface area contributed by atoms with Crippen LogP contribution in [0.3, 0.4) is 0 Å². The zero-order valence-electron chi connectivity index (χ0n) is 18.0. The van der Waals surface area contributed by atoms with E-state index in [1.807, 2.05) is 74.4 Å². The maximum absolute atomic E-state index is 13.1. The van der Waals surface area contributed by atoms with E-state index in [1.165, 1.54) is 0 Å². The molecule has 31 heavy (non-hydrogen) atoms. The molecular weight excluding hydrogens is 388 g/mol. The number of carbonyl (C=O) groups is 2. The summed E-state index contributed by atoms with van der Waals surface area (Å²) in [6, 6.07) is 18.9. The molecule has 1 atom stereocenters. The Kier molecular flexibility index (Phi) is 5.71. The van der Waals surface area contributed by atoms with Gasteiger partial charge in [0.15, 0.2) is 0 Å². The molecule has 1 aromatic heterocycles. The Morgan fingerprint density at radius 3 is 2.45 bits per heavy atom. The Labute approximate surface area is 182 Å². The average Bonchev–Trinajstić information content (AvgIpc) is 3.05. The molecule has 0 radical (unpaired) electrons. The lowest BCUT2D eigenvalue weighted by Crippen LogP contribution is -2.33. The molecule has 0 saturated heterocycles. The third-order valence-corrected chi connectivity index (χ3v) is 5.55. The van der Waals surface area contributed by atoms with E-state index in [0.29, 0.717) is 17.8 Å². The Bertz CT molecular complexity index is 1090. The zero-order chi connectivity index (χ0) is 22.0. The first-order chi connectivity index (χ1) is 14.9. The van der Waals surface area contributed by atoms with E-state index in [4.69, 9.17) is 0 Å². The first kappa shape index (κ1) is 20.6. The van der Waals surface area contributed by atoms with E-state index in [1.54, 1.807) is 23.2 Å². The molecule has 4 rings (SSSR count). The van der Waals surface area contributed by atoms with Gasteiger partial charge in [-0.05, 0) is 48.9 Å². The number of anilines is 2. The summed E-state index contributed by atoms with van der Waals surface area (Å²) in [5.74, 6) is -0.242. The second-order valence-electron chi connectivity index (χ2n) is 8.00. The van der Waals surface area contributed by atoms with Crippen LogP contribution in [-0.4, -0.2) is 30.9 Å². The van der Waals surface area contributed by atoms with Gasteiger partial charge < -0.3 is 10.2 Å².